The van der Waals surface area contributed by atoms with Gasteiger partial charge in [0, 0.05) is 11.4 Å². The summed E-state index contributed by atoms with van der Waals surface area (Å²) in [5, 5.41) is 0.938. The van der Waals surface area contributed by atoms with Crippen molar-refractivity contribution in [1.82, 2.24) is 14.9 Å². The van der Waals surface area contributed by atoms with Crippen LogP contribution < -0.4 is 5.73 Å². The van der Waals surface area contributed by atoms with Crippen LogP contribution in [0, 0.1) is 0 Å². The molecule has 3 aromatic heterocycles. The van der Waals surface area contributed by atoms with Crippen molar-refractivity contribution >= 4 is 43.3 Å². The van der Waals surface area contributed by atoms with E-state index in [1.807, 2.05) is 26.0 Å². The van der Waals surface area contributed by atoms with Crippen molar-refractivity contribution < 1.29 is 4.42 Å². The van der Waals surface area contributed by atoms with Crippen molar-refractivity contribution in [3.8, 4) is 11.6 Å². The average Bonchev–Trinajstić information content (AvgIpc) is 3.30. The first-order valence-electron chi connectivity index (χ1n) is 8.23. The Morgan fingerprint density at radius 1 is 1.25 bits per heavy atom. The van der Waals surface area contributed by atoms with Crippen LogP contribution >= 0.6 is 27.3 Å². The number of nitrogens with zero attached hydrogens (tertiary/aromatic N) is 3. The number of hydrogen-bond acceptors (Lipinski definition) is 6. The summed E-state index contributed by atoms with van der Waals surface area (Å²) in [4.78, 5) is 13.7. The number of aromatic nitrogens is 2. The molecular formula is C17H21BrN4OS. The normalized spacial score (nSPS) is 14.8. The molecule has 0 atom stereocenters. The third-order valence-corrected chi connectivity index (χ3v) is 5.28. The number of likely N-dealkylation sites (tertiary alicyclic amines) is 1. The Hall–Kier alpha value is -1.44. The Labute approximate surface area is 154 Å². The van der Waals surface area contributed by atoms with E-state index in [0.717, 1.165) is 16.8 Å². The molecule has 128 valence electrons. The fourth-order valence-electron chi connectivity index (χ4n) is 2.78. The van der Waals surface area contributed by atoms with E-state index < -0.39 is 0 Å². The van der Waals surface area contributed by atoms with Crippen LogP contribution in [-0.2, 0) is 6.54 Å². The molecule has 4 heterocycles. The van der Waals surface area contributed by atoms with Crippen LogP contribution in [-0.4, -0.2) is 28.0 Å². The molecule has 0 saturated carbocycles. The van der Waals surface area contributed by atoms with E-state index in [1.165, 1.54) is 30.8 Å². The van der Waals surface area contributed by atoms with E-state index in [2.05, 4.69) is 36.9 Å². The van der Waals surface area contributed by atoms with Gasteiger partial charge in [-0.3, -0.25) is 4.90 Å². The largest absolute Gasteiger partial charge is 0.446 e. The summed E-state index contributed by atoms with van der Waals surface area (Å²) in [6.45, 7) is 7.34. The van der Waals surface area contributed by atoms with Crippen molar-refractivity contribution in [2.45, 2.75) is 33.2 Å². The Bertz CT molecular complexity index is 823. The van der Waals surface area contributed by atoms with Crippen LogP contribution in [0.1, 0.15) is 31.6 Å². The van der Waals surface area contributed by atoms with E-state index >= 15 is 0 Å². The summed E-state index contributed by atoms with van der Waals surface area (Å²) in [6.07, 6.45) is 2.59. The molecular weight excluding hydrogens is 388 g/mol. The van der Waals surface area contributed by atoms with Gasteiger partial charge < -0.3 is 10.2 Å². The lowest BCUT2D eigenvalue weighted by molar-refractivity contribution is 0.334. The number of nitrogens with two attached hydrogens (primary N) is 1. The Morgan fingerprint density at radius 3 is 2.67 bits per heavy atom. The van der Waals surface area contributed by atoms with Gasteiger partial charge in [0.25, 0.3) is 0 Å². The van der Waals surface area contributed by atoms with Gasteiger partial charge in [-0.1, -0.05) is 13.8 Å². The van der Waals surface area contributed by atoms with Crippen molar-refractivity contribution in [3.05, 3.63) is 27.7 Å². The van der Waals surface area contributed by atoms with E-state index in [4.69, 9.17) is 10.2 Å². The number of anilines is 1. The Balaban J connectivity index is 0.000000815. The summed E-state index contributed by atoms with van der Waals surface area (Å²) >= 11 is 4.98. The molecule has 1 saturated heterocycles. The first kappa shape index (κ1) is 17.4. The minimum Gasteiger partial charge on any atom is -0.446 e. The highest BCUT2D eigenvalue weighted by molar-refractivity contribution is 9.10. The van der Waals surface area contributed by atoms with Crippen LogP contribution in [0.4, 0.5) is 5.82 Å². The first-order chi connectivity index (χ1) is 11.7. The highest BCUT2D eigenvalue weighted by atomic mass is 79.9. The second-order valence-corrected chi connectivity index (χ2v) is 7.35. The second-order valence-electron chi connectivity index (χ2n) is 5.45. The number of rotatable bonds is 3. The molecule has 0 aliphatic carbocycles. The minimum absolute atomic E-state index is 0.511. The molecule has 0 radical (unpaired) electrons. The monoisotopic (exact) mass is 408 g/mol. The lowest BCUT2D eigenvalue weighted by atomic mass is 10.3. The van der Waals surface area contributed by atoms with Crippen molar-refractivity contribution in [2.24, 2.45) is 0 Å². The first-order valence-corrected chi connectivity index (χ1v) is 9.84. The molecule has 1 aliphatic rings. The Morgan fingerprint density at radius 2 is 2.00 bits per heavy atom. The van der Waals surface area contributed by atoms with Gasteiger partial charge in [0.05, 0.1) is 5.39 Å². The molecule has 3 aromatic rings. The zero-order chi connectivity index (χ0) is 17.1. The lowest BCUT2D eigenvalue weighted by Gasteiger charge is -2.11. The van der Waals surface area contributed by atoms with E-state index in [1.54, 1.807) is 11.3 Å². The van der Waals surface area contributed by atoms with Gasteiger partial charge in [-0.25, -0.2) is 9.97 Å². The zero-order valence-electron chi connectivity index (χ0n) is 13.9. The maximum atomic E-state index is 6.11. The topological polar surface area (TPSA) is 68.2 Å². The van der Waals surface area contributed by atoms with Crippen LogP contribution in [0.15, 0.2) is 27.3 Å². The number of thiophene rings is 1. The van der Waals surface area contributed by atoms with Gasteiger partial charge in [0.1, 0.15) is 10.6 Å². The lowest BCUT2D eigenvalue weighted by Crippen LogP contribution is -2.17. The minimum atomic E-state index is 0.511. The fourth-order valence-corrected chi connectivity index (χ4v) is 4.16. The smallest absolute Gasteiger partial charge is 0.199 e. The van der Waals surface area contributed by atoms with E-state index in [-0.39, 0.29) is 0 Å². The van der Waals surface area contributed by atoms with Crippen LogP contribution in [0.25, 0.3) is 21.8 Å². The third kappa shape index (κ3) is 3.63. The summed E-state index contributed by atoms with van der Waals surface area (Å²) < 4.78 is 6.18. The second kappa shape index (κ2) is 7.63. The van der Waals surface area contributed by atoms with E-state index in [0.29, 0.717) is 22.1 Å². The molecule has 7 heteroatoms. The fraction of sp³-hybridized carbons (Fsp3) is 0.412. The van der Waals surface area contributed by atoms with Gasteiger partial charge >= 0.3 is 0 Å². The molecule has 5 nitrogen and oxygen atoms in total. The van der Waals surface area contributed by atoms with Crippen molar-refractivity contribution in [2.75, 3.05) is 18.8 Å². The third-order valence-electron chi connectivity index (χ3n) is 3.84. The van der Waals surface area contributed by atoms with Crippen molar-refractivity contribution in [1.29, 1.82) is 0 Å². The molecule has 2 N–H and O–H groups in total. The molecule has 0 amide bonds. The predicted octanol–water partition coefficient (Wildman–Crippen LogP) is 4.92. The standard InChI is InChI=1S/C15H15BrN4OS.C2H6/c16-12-4-3-11(21-12)14-18-13(17)10-7-9(22-15(10)19-14)8-20-5-1-2-6-20;1-2/h3-4,7H,1-2,5-6,8H2,(H2,17,18,19);1-2H3. The highest BCUT2D eigenvalue weighted by Crippen LogP contribution is 2.32. The highest BCUT2D eigenvalue weighted by Gasteiger charge is 2.16. The van der Waals surface area contributed by atoms with Gasteiger partial charge in [-0.05, 0) is 60.1 Å². The van der Waals surface area contributed by atoms with Crippen LogP contribution in [0.5, 0.6) is 0 Å². The van der Waals surface area contributed by atoms with E-state index in [9.17, 15) is 0 Å². The number of nitrogen functional groups attached to an aromatic ring is 1. The summed E-state index contributed by atoms with van der Waals surface area (Å²) in [7, 11) is 0. The molecule has 0 aromatic carbocycles. The summed E-state index contributed by atoms with van der Waals surface area (Å²) in [5.74, 6) is 1.66. The Kier molecular flexibility index (Phi) is 5.53. The molecule has 1 fully saturated rings. The molecule has 24 heavy (non-hydrogen) atoms. The average molecular weight is 409 g/mol. The maximum Gasteiger partial charge on any atom is 0.199 e. The summed E-state index contributed by atoms with van der Waals surface area (Å²) in [6, 6.07) is 5.78. The SMILES string of the molecule is CC.Nc1nc(-c2ccc(Br)o2)nc2sc(CN3CCCC3)cc12. The summed E-state index contributed by atoms with van der Waals surface area (Å²) in [5.41, 5.74) is 6.11. The zero-order valence-corrected chi connectivity index (χ0v) is 16.3. The molecule has 1 aliphatic heterocycles. The van der Waals surface area contributed by atoms with Crippen molar-refractivity contribution in [3.63, 3.8) is 0 Å². The predicted molar refractivity (Wildman–Crippen MR) is 103 cm³/mol. The van der Waals surface area contributed by atoms with Gasteiger partial charge in [-0.15, -0.1) is 11.3 Å². The number of halogens is 1. The molecule has 0 spiro atoms. The maximum absolute atomic E-state index is 6.11. The molecule has 0 bridgehead atoms. The van der Waals surface area contributed by atoms with Crippen LogP contribution in [0.2, 0.25) is 0 Å². The number of furan rings is 1. The van der Waals surface area contributed by atoms with Gasteiger partial charge in [-0.2, -0.15) is 0 Å². The molecule has 0 unspecified atom stereocenters. The van der Waals surface area contributed by atoms with Gasteiger partial charge in [0.2, 0.25) is 0 Å². The molecule has 4 rings (SSSR count). The number of hydrogen-bond donors (Lipinski definition) is 1. The van der Waals surface area contributed by atoms with Crippen LogP contribution in [0.3, 0.4) is 0 Å². The van der Waals surface area contributed by atoms with Gasteiger partial charge in [0.15, 0.2) is 16.3 Å². The quantitative estimate of drug-likeness (QED) is 0.665. The number of fused-ring (bicyclic) bond motifs is 1.